The van der Waals surface area contributed by atoms with Crippen LogP contribution in [0.5, 0.6) is 0 Å². The number of hydrogen-bond acceptors (Lipinski definition) is 7. The Morgan fingerprint density at radius 3 is 2.67 bits per heavy atom. The molecule has 21 heavy (non-hydrogen) atoms. The van der Waals surface area contributed by atoms with Crippen molar-refractivity contribution in [2.75, 3.05) is 12.3 Å². The van der Waals surface area contributed by atoms with E-state index in [0.29, 0.717) is 15.7 Å². The summed E-state index contributed by atoms with van der Waals surface area (Å²) in [6.45, 7) is -0.216. The fourth-order valence-corrected chi connectivity index (χ4v) is 2.12. The van der Waals surface area contributed by atoms with Crippen LogP contribution in [0.1, 0.15) is 11.5 Å². The second kappa shape index (κ2) is 5.93. The van der Waals surface area contributed by atoms with Gasteiger partial charge in [0.2, 0.25) is 0 Å². The summed E-state index contributed by atoms with van der Waals surface area (Å²) >= 11 is 1.12. The van der Waals surface area contributed by atoms with Gasteiger partial charge in [-0.15, -0.1) is 0 Å². The highest BCUT2D eigenvalue weighted by molar-refractivity contribution is 7.18. The normalized spacial score (nSPS) is 12.3. The van der Waals surface area contributed by atoms with Crippen LogP contribution >= 0.6 is 11.3 Å². The van der Waals surface area contributed by atoms with Crippen LogP contribution in [0.15, 0.2) is 4.52 Å². The first-order valence-electron chi connectivity index (χ1n) is 5.59. The van der Waals surface area contributed by atoms with Crippen molar-refractivity contribution in [2.45, 2.75) is 25.9 Å². The Morgan fingerprint density at radius 1 is 1.38 bits per heavy atom. The molecule has 0 spiro atoms. The molecule has 116 valence electrons. The lowest BCUT2D eigenvalue weighted by molar-refractivity contribution is -0.168. The Bertz CT molecular complexity index is 616. The van der Waals surface area contributed by atoms with E-state index in [2.05, 4.69) is 19.9 Å². The number of nitrogens with zero attached hydrogens (tertiary/aromatic N) is 3. The number of aryl methyl sites for hydroxylation is 1. The van der Waals surface area contributed by atoms with Crippen LogP contribution in [0, 0.1) is 6.92 Å². The van der Waals surface area contributed by atoms with Gasteiger partial charge in [-0.25, -0.2) is 13.8 Å². The van der Waals surface area contributed by atoms with Crippen molar-refractivity contribution in [2.24, 2.45) is 0 Å². The summed E-state index contributed by atoms with van der Waals surface area (Å²) in [5.74, 6) is -4.14. The molecule has 0 aliphatic rings. The van der Waals surface area contributed by atoms with E-state index < -0.39 is 25.6 Å². The van der Waals surface area contributed by atoms with Gasteiger partial charge in [-0.1, -0.05) is 16.5 Å². The average Bonchev–Trinajstić information content (AvgIpc) is 2.95. The van der Waals surface area contributed by atoms with Crippen LogP contribution in [0.2, 0.25) is 0 Å². The Labute approximate surface area is 119 Å². The van der Waals surface area contributed by atoms with Crippen molar-refractivity contribution in [1.29, 1.82) is 0 Å². The predicted octanol–water partition coefficient (Wildman–Crippen LogP) is 2.50. The number of thiazole rings is 1. The molecule has 0 saturated carbocycles. The quantitative estimate of drug-likeness (QED) is 0.821. The Morgan fingerprint density at radius 2 is 2.10 bits per heavy atom. The van der Waals surface area contributed by atoms with Crippen LogP contribution < -0.4 is 5.73 Å². The topological polar surface area (TPSA) is 87.1 Å². The van der Waals surface area contributed by atoms with Crippen LogP contribution in [0.4, 0.5) is 22.7 Å². The van der Waals surface area contributed by atoms with Gasteiger partial charge < -0.3 is 15.0 Å². The summed E-state index contributed by atoms with van der Waals surface area (Å²) < 4.78 is 58.4. The zero-order valence-electron chi connectivity index (χ0n) is 10.6. The van der Waals surface area contributed by atoms with E-state index in [4.69, 9.17) is 10.3 Å². The molecule has 2 rings (SSSR count). The number of rotatable bonds is 6. The Balaban J connectivity index is 1.97. The molecule has 0 bridgehead atoms. The number of anilines is 1. The summed E-state index contributed by atoms with van der Waals surface area (Å²) in [4.78, 5) is 8.41. The number of nitrogen functional groups attached to an aromatic ring is 1. The van der Waals surface area contributed by atoms with Gasteiger partial charge in [0.25, 0.3) is 5.89 Å². The molecule has 0 amide bonds. The predicted molar refractivity (Wildman–Crippen MR) is 65.2 cm³/mol. The van der Waals surface area contributed by atoms with Gasteiger partial charge in [0.05, 0.1) is 5.69 Å². The fraction of sp³-hybridized carbons (Fsp3) is 0.500. The summed E-state index contributed by atoms with van der Waals surface area (Å²) in [6, 6.07) is 0. The fourth-order valence-electron chi connectivity index (χ4n) is 1.36. The highest BCUT2D eigenvalue weighted by Crippen LogP contribution is 2.30. The van der Waals surface area contributed by atoms with Crippen molar-refractivity contribution in [3.05, 3.63) is 11.5 Å². The molecule has 0 fully saturated rings. The second-order valence-electron chi connectivity index (χ2n) is 4.04. The van der Waals surface area contributed by atoms with Gasteiger partial charge in [-0.05, 0) is 6.92 Å². The third-order valence-corrected chi connectivity index (χ3v) is 3.29. The number of hydrogen-bond donors (Lipinski definition) is 1. The number of nitrogens with two attached hydrogens (primary N) is 1. The van der Waals surface area contributed by atoms with E-state index in [9.17, 15) is 17.6 Å². The highest BCUT2D eigenvalue weighted by Gasteiger charge is 2.41. The molecule has 11 heteroatoms. The van der Waals surface area contributed by atoms with Crippen molar-refractivity contribution < 1.29 is 26.8 Å². The molecule has 2 aromatic rings. The van der Waals surface area contributed by atoms with Gasteiger partial charge >= 0.3 is 12.3 Å². The minimum Gasteiger partial charge on any atom is -0.375 e. The molecule has 0 radical (unpaired) electrons. The molecule has 0 aliphatic carbocycles. The van der Waals surface area contributed by atoms with Crippen LogP contribution in [0.25, 0.3) is 10.8 Å². The summed E-state index contributed by atoms with van der Waals surface area (Å²) in [7, 11) is 0. The SMILES string of the molecule is Cc1nc(N)sc1-c1nc(COCC(F)(F)C(F)F)no1. The summed E-state index contributed by atoms with van der Waals surface area (Å²) in [5, 5.41) is 3.82. The van der Waals surface area contributed by atoms with Crippen molar-refractivity contribution in [3.63, 3.8) is 0 Å². The summed E-state index contributed by atoms with van der Waals surface area (Å²) in [6.07, 6.45) is -3.79. The highest BCUT2D eigenvalue weighted by atomic mass is 32.1. The largest absolute Gasteiger partial charge is 0.375 e. The molecule has 6 nitrogen and oxygen atoms in total. The maximum Gasteiger partial charge on any atom is 0.330 e. The minimum absolute atomic E-state index is 0.0403. The van der Waals surface area contributed by atoms with E-state index in [1.807, 2.05) is 0 Å². The molecule has 2 aromatic heterocycles. The number of alkyl halides is 4. The molecule has 0 aromatic carbocycles. The average molecular weight is 326 g/mol. The standard InChI is InChI=1S/C10H10F4N4O2S/c1-4-6(21-9(15)16-4)7-17-5(18-20-7)2-19-3-10(13,14)8(11)12/h8H,2-3H2,1H3,(H2,15,16). The van der Waals surface area contributed by atoms with Crippen molar-refractivity contribution in [1.82, 2.24) is 15.1 Å². The third-order valence-electron chi connectivity index (χ3n) is 2.32. The maximum atomic E-state index is 12.6. The molecule has 2 N–H and O–H groups in total. The Hall–Kier alpha value is -1.75. The first-order chi connectivity index (χ1) is 9.79. The lowest BCUT2D eigenvalue weighted by Gasteiger charge is -2.14. The van der Waals surface area contributed by atoms with E-state index in [-0.39, 0.29) is 11.7 Å². The number of aromatic nitrogens is 3. The van der Waals surface area contributed by atoms with Gasteiger partial charge in [-0.3, -0.25) is 0 Å². The first kappa shape index (κ1) is 15.6. The van der Waals surface area contributed by atoms with Crippen LogP contribution in [-0.4, -0.2) is 34.1 Å². The lowest BCUT2D eigenvalue weighted by atomic mass is 10.4. The van der Waals surface area contributed by atoms with E-state index in [1.54, 1.807) is 6.92 Å². The van der Waals surface area contributed by atoms with Gasteiger partial charge in [-0.2, -0.15) is 13.8 Å². The van der Waals surface area contributed by atoms with Gasteiger partial charge in [0.1, 0.15) is 18.1 Å². The lowest BCUT2D eigenvalue weighted by Crippen LogP contribution is -2.32. The summed E-state index contributed by atoms with van der Waals surface area (Å²) in [5.41, 5.74) is 6.10. The van der Waals surface area contributed by atoms with E-state index >= 15 is 0 Å². The second-order valence-corrected chi connectivity index (χ2v) is 5.07. The number of halogens is 4. The van der Waals surface area contributed by atoms with Crippen molar-refractivity contribution in [3.8, 4) is 10.8 Å². The van der Waals surface area contributed by atoms with Gasteiger partial charge in [0.15, 0.2) is 11.0 Å². The first-order valence-corrected chi connectivity index (χ1v) is 6.41. The molecule has 0 aliphatic heterocycles. The molecule has 0 unspecified atom stereocenters. The van der Waals surface area contributed by atoms with Crippen molar-refractivity contribution >= 4 is 16.5 Å². The molecule has 0 saturated heterocycles. The van der Waals surface area contributed by atoms with Gasteiger partial charge in [0, 0.05) is 0 Å². The monoisotopic (exact) mass is 326 g/mol. The zero-order valence-corrected chi connectivity index (χ0v) is 11.5. The van der Waals surface area contributed by atoms with E-state index in [0.717, 1.165) is 11.3 Å². The third kappa shape index (κ3) is 3.67. The molecule has 2 heterocycles. The zero-order chi connectivity index (χ0) is 15.6. The molecular formula is C10H10F4N4O2S. The molecular weight excluding hydrogens is 316 g/mol. The molecule has 0 atom stereocenters. The maximum absolute atomic E-state index is 12.6. The smallest absolute Gasteiger partial charge is 0.330 e. The van der Waals surface area contributed by atoms with E-state index in [1.165, 1.54) is 0 Å². The van der Waals surface area contributed by atoms with Crippen LogP contribution in [-0.2, 0) is 11.3 Å². The minimum atomic E-state index is -4.21. The Kier molecular flexibility index (Phi) is 4.42. The van der Waals surface area contributed by atoms with Crippen LogP contribution in [0.3, 0.4) is 0 Å². The number of ether oxygens (including phenoxy) is 1.